The molecule has 1 aromatic rings. The van der Waals surface area contributed by atoms with E-state index in [2.05, 4.69) is 29.5 Å². The van der Waals surface area contributed by atoms with Crippen LogP contribution < -0.4 is 10.6 Å². The number of carbonyl (C=O) groups excluding carboxylic acids is 1. The molecule has 0 bridgehead atoms. The Balaban J connectivity index is 1.94. The highest BCUT2D eigenvalue weighted by atomic mass is 32.1. The molecule has 2 heterocycles. The predicted molar refractivity (Wildman–Crippen MR) is 70.2 cm³/mol. The van der Waals surface area contributed by atoms with E-state index in [-0.39, 0.29) is 5.91 Å². The average Bonchev–Trinajstić information content (AvgIpc) is 2.70. The number of nitrogens with zero attached hydrogens (tertiary/aromatic N) is 1. The van der Waals surface area contributed by atoms with Crippen LogP contribution >= 0.6 is 11.3 Å². The van der Waals surface area contributed by atoms with Gasteiger partial charge in [0.25, 0.3) is 0 Å². The molecule has 2 rings (SSSR count). The van der Waals surface area contributed by atoms with Gasteiger partial charge in [-0.1, -0.05) is 20.3 Å². The fourth-order valence-electron chi connectivity index (χ4n) is 1.81. The topological polar surface area (TPSA) is 54.0 Å². The fraction of sp³-hybridized carbons (Fsp3) is 0.667. The van der Waals surface area contributed by atoms with Crippen LogP contribution in [0, 0.1) is 5.92 Å². The Hall–Kier alpha value is -0.940. The molecule has 0 saturated carbocycles. The van der Waals surface area contributed by atoms with Crippen LogP contribution in [0.5, 0.6) is 0 Å². The quantitative estimate of drug-likeness (QED) is 0.864. The van der Waals surface area contributed by atoms with Crippen LogP contribution in [-0.2, 0) is 17.8 Å². The molecule has 1 amide bonds. The first-order valence-corrected chi connectivity index (χ1v) is 6.99. The standard InChI is InChI=1S/C12H19N3OS/c1-3-8(2)6-11(16)15-12-14-9-4-5-13-7-10(9)17-12/h8,13H,3-7H2,1-2H3,(H,14,15,16). The highest BCUT2D eigenvalue weighted by Crippen LogP contribution is 2.25. The van der Waals surface area contributed by atoms with Crippen molar-refractivity contribution in [3.05, 3.63) is 10.6 Å². The van der Waals surface area contributed by atoms with E-state index < -0.39 is 0 Å². The lowest BCUT2D eigenvalue weighted by Gasteiger charge is -2.09. The number of anilines is 1. The number of carbonyl (C=O) groups is 1. The van der Waals surface area contributed by atoms with Crippen molar-refractivity contribution in [3.8, 4) is 0 Å². The van der Waals surface area contributed by atoms with E-state index in [1.165, 1.54) is 4.88 Å². The second kappa shape index (κ2) is 5.60. The fourth-order valence-corrected chi connectivity index (χ4v) is 2.80. The van der Waals surface area contributed by atoms with E-state index >= 15 is 0 Å². The molecule has 0 aromatic carbocycles. The van der Waals surface area contributed by atoms with Crippen LogP contribution in [0.15, 0.2) is 0 Å². The molecule has 0 saturated heterocycles. The molecule has 4 nitrogen and oxygen atoms in total. The van der Waals surface area contributed by atoms with Crippen LogP contribution in [0.4, 0.5) is 5.13 Å². The number of aromatic nitrogens is 1. The van der Waals surface area contributed by atoms with Crippen molar-refractivity contribution >= 4 is 22.4 Å². The molecule has 0 radical (unpaired) electrons. The van der Waals surface area contributed by atoms with Gasteiger partial charge in [0.15, 0.2) is 5.13 Å². The van der Waals surface area contributed by atoms with Gasteiger partial charge in [0, 0.05) is 30.8 Å². The molecule has 5 heteroatoms. The Bertz CT molecular complexity index is 379. The van der Waals surface area contributed by atoms with Crippen molar-refractivity contribution in [1.82, 2.24) is 10.3 Å². The molecule has 2 N–H and O–H groups in total. The van der Waals surface area contributed by atoms with Gasteiger partial charge in [-0.15, -0.1) is 11.3 Å². The van der Waals surface area contributed by atoms with Gasteiger partial charge in [-0.2, -0.15) is 0 Å². The first kappa shape index (κ1) is 12.5. The molecule has 1 aliphatic rings. The number of nitrogens with one attached hydrogen (secondary N) is 2. The van der Waals surface area contributed by atoms with Crippen molar-refractivity contribution in [2.75, 3.05) is 11.9 Å². The van der Waals surface area contributed by atoms with Gasteiger partial charge in [-0.3, -0.25) is 4.79 Å². The minimum Gasteiger partial charge on any atom is -0.311 e. The second-order valence-corrected chi connectivity index (χ2v) is 5.67. The van der Waals surface area contributed by atoms with Gasteiger partial charge < -0.3 is 10.6 Å². The Kier molecular flexibility index (Phi) is 4.12. The van der Waals surface area contributed by atoms with Crippen molar-refractivity contribution in [3.63, 3.8) is 0 Å². The summed E-state index contributed by atoms with van der Waals surface area (Å²) in [4.78, 5) is 17.5. The van der Waals surface area contributed by atoms with E-state index in [1.54, 1.807) is 11.3 Å². The predicted octanol–water partition coefficient (Wildman–Crippen LogP) is 2.16. The Morgan fingerprint density at radius 3 is 3.18 bits per heavy atom. The normalized spacial score (nSPS) is 16.4. The molecule has 0 spiro atoms. The maximum atomic E-state index is 11.7. The highest BCUT2D eigenvalue weighted by molar-refractivity contribution is 7.15. The lowest BCUT2D eigenvalue weighted by Crippen LogP contribution is -2.22. The zero-order chi connectivity index (χ0) is 12.3. The van der Waals surface area contributed by atoms with Gasteiger partial charge in [0.05, 0.1) is 5.69 Å². The summed E-state index contributed by atoms with van der Waals surface area (Å²) in [6.07, 6.45) is 2.58. The lowest BCUT2D eigenvalue weighted by molar-refractivity contribution is -0.117. The number of fused-ring (bicyclic) bond motifs is 1. The number of rotatable bonds is 4. The molecule has 1 unspecified atom stereocenters. The summed E-state index contributed by atoms with van der Waals surface area (Å²) >= 11 is 1.59. The van der Waals surface area contributed by atoms with Crippen molar-refractivity contribution < 1.29 is 4.79 Å². The first-order chi connectivity index (χ1) is 8.19. The van der Waals surface area contributed by atoms with Gasteiger partial charge in [-0.05, 0) is 5.92 Å². The van der Waals surface area contributed by atoms with E-state index in [1.807, 2.05) is 0 Å². The lowest BCUT2D eigenvalue weighted by atomic mass is 10.1. The summed E-state index contributed by atoms with van der Waals surface area (Å²) in [5.41, 5.74) is 1.15. The summed E-state index contributed by atoms with van der Waals surface area (Å²) in [6.45, 7) is 6.06. The number of amides is 1. The maximum absolute atomic E-state index is 11.7. The number of hydrogen-bond acceptors (Lipinski definition) is 4. The molecule has 1 aromatic heterocycles. The Morgan fingerprint density at radius 1 is 1.65 bits per heavy atom. The maximum Gasteiger partial charge on any atom is 0.226 e. The van der Waals surface area contributed by atoms with Gasteiger partial charge >= 0.3 is 0 Å². The summed E-state index contributed by atoms with van der Waals surface area (Å²) in [7, 11) is 0. The van der Waals surface area contributed by atoms with E-state index in [0.29, 0.717) is 12.3 Å². The van der Waals surface area contributed by atoms with Gasteiger partial charge in [0.1, 0.15) is 0 Å². The second-order valence-electron chi connectivity index (χ2n) is 4.58. The summed E-state index contributed by atoms with van der Waals surface area (Å²) in [5, 5.41) is 6.97. The van der Waals surface area contributed by atoms with Crippen molar-refractivity contribution in [2.24, 2.45) is 5.92 Å². The molecular formula is C12H19N3OS. The van der Waals surface area contributed by atoms with Crippen LogP contribution in [0.2, 0.25) is 0 Å². The summed E-state index contributed by atoms with van der Waals surface area (Å²) in [5.74, 6) is 0.518. The SMILES string of the molecule is CCC(C)CC(=O)Nc1nc2c(s1)CNCC2. The van der Waals surface area contributed by atoms with Gasteiger partial charge in [0.2, 0.25) is 5.91 Å². The van der Waals surface area contributed by atoms with Crippen molar-refractivity contribution in [1.29, 1.82) is 0 Å². The van der Waals surface area contributed by atoms with Crippen LogP contribution in [-0.4, -0.2) is 17.4 Å². The molecule has 94 valence electrons. The minimum atomic E-state index is 0.0819. The zero-order valence-corrected chi connectivity index (χ0v) is 11.2. The van der Waals surface area contributed by atoms with Crippen LogP contribution in [0.1, 0.15) is 37.3 Å². The minimum absolute atomic E-state index is 0.0819. The van der Waals surface area contributed by atoms with E-state index in [0.717, 1.165) is 36.8 Å². The average molecular weight is 253 g/mol. The third-order valence-corrected chi connectivity index (χ3v) is 4.09. The molecule has 0 fully saturated rings. The molecule has 0 aliphatic carbocycles. The monoisotopic (exact) mass is 253 g/mol. The smallest absolute Gasteiger partial charge is 0.226 e. The molecule has 1 aliphatic heterocycles. The van der Waals surface area contributed by atoms with Crippen LogP contribution in [0.25, 0.3) is 0 Å². The first-order valence-electron chi connectivity index (χ1n) is 6.18. The van der Waals surface area contributed by atoms with E-state index in [4.69, 9.17) is 0 Å². The van der Waals surface area contributed by atoms with E-state index in [9.17, 15) is 4.79 Å². The van der Waals surface area contributed by atoms with Gasteiger partial charge in [-0.25, -0.2) is 4.98 Å². The third-order valence-electron chi connectivity index (χ3n) is 3.08. The van der Waals surface area contributed by atoms with Crippen LogP contribution in [0.3, 0.4) is 0 Å². The summed E-state index contributed by atoms with van der Waals surface area (Å²) in [6, 6.07) is 0. The third kappa shape index (κ3) is 3.26. The molecular weight excluding hydrogens is 234 g/mol. The molecule has 17 heavy (non-hydrogen) atoms. The zero-order valence-electron chi connectivity index (χ0n) is 10.4. The molecule has 1 atom stereocenters. The number of thiazole rings is 1. The summed E-state index contributed by atoms with van der Waals surface area (Å²) < 4.78 is 0. The highest BCUT2D eigenvalue weighted by Gasteiger charge is 2.16. The Morgan fingerprint density at radius 2 is 2.47 bits per heavy atom. The number of hydrogen-bond donors (Lipinski definition) is 2. The van der Waals surface area contributed by atoms with Crippen molar-refractivity contribution in [2.45, 2.75) is 39.7 Å². The largest absolute Gasteiger partial charge is 0.311 e. The Labute approximate surface area is 106 Å².